The molecule has 0 atom stereocenters. The number of hydrogen-bond acceptors (Lipinski definition) is 3. The molecule has 10 rings (SSSR count). The average Bonchev–Trinajstić information content (AvgIpc) is 3.71. The van der Waals surface area contributed by atoms with Gasteiger partial charge in [0.15, 0.2) is 0 Å². The van der Waals surface area contributed by atoms with Crippen LogP contribution in [0.5, 0.6) is 0 Å². The molecule has 0 N–H and O–H groups in total. The van der Waals surface area contributed by atoms with Crippen LogP contribution >= 0.6 is 11.3 Å². The molecule has 0 unspecified atom stereocenters. The van der Waals surface area contributed by atoms with Crippen LogP contribution in [0.15, 0.2) is 164 Å². The highest BCUT2D eigenvalue weighted by molar-refractivity contribution is 7.25. The van der Waals surface area contributed by atoms with E-state index in [1.54, 1.807) is 0 Å². The van der Waals surface area contributed by atoms with Crippen molar-refractivity contribution < 1.29 is 0 Å². The Kier molecular flexibility index (Phi) is 6.05. The number of hydrogen-bond donors (Lipinski definition) is 0. The van der Waals surface area contributed by atoms with Crippen molar-refractivity contribution >= 4 is 64.3 Å². The molecule has 224 valence electrons. The molecule has 0 saturated heterocycles. The first kappa shape index (κ1) is 27.1. The highest BCUT2D eigenvalue weighted by Gasteiger charge is 2.17. The molecule has 0 amide bonds. The lowest BCUT2D eigenvalue weighted by atomic mass is 9.97. The smallest absolute Gasteiger partial charge is 0.0973 e. The maximum absolute atomic E-state index is 5.19. The van der Waals surface area contributed by atoms with Crippen LogP contribution in [-0.4, -0.2) is 14.5 Å². The van der Waals surface area contributed by atoms with Gasteiger partial charge in [0.05, 0.1) is 33.5 Å². The highest BCUT2D eigenvalue weighted by Crippen LogP contribution is 2.41. The minimum Gasteiger partial charge on any atom is -0.309 e. The maximum atomic E-state index is 5.19. The van der Waals surface area contributed by atoms with Gasteiger partial charge >= 0.3 is 0 Å². The van der Waals surface area contributed by atoms with Crippen LogP contribution in [0.2, 0.25) is 0 Å². The van der Waals surface area contributed by atoms with Crippen LogP contribution in [0.1, 0.15) is 0 Å². The van der Waals surface area contributed by atoms with Crippen molar-refractivity contribution in [3.63, 3.8) is 0 Å². The molecule has 0 radical (unpaired) electrons. The molecule has 0 fully saturated rings. The highest BCUT2D eigenvalue weighted by atomic mass is 32.1. The summed E-state index contributed by atoms with van der Waals surface area (Å²) in [6.45, 7) is 0. The van der Waals surface area contributed by atoms with Gasteiger partial charge in [0.25, 0.3) is 0 Å². The van der Waals surface area contributed by atoms with Gasteiger partial charge in [0, 0.05) is 47.8 Å². The summed E-state index contributed by atoms with van der Waals surface area (Å²) in [4.78, 5) is 10.4. The zero-order valence-electron chi connectivity index (χ0n) is 25.8. The second kappa shape index (κ2) is 10.7. The summed E-state index contributed by atoms with van der Waals surface area (Å²) in [6, 6.07) is 58.3. The van der Waals surface area contributed by atoms with Crippen LogP contribution in [0.3, 0.4) is 0 Å². The summed E-state index contributed by atoms with van der Waals surface area (Å²) in [7, 11) is 0. The Morgan fingerprint density at radius 1 is 0.396 bits per heavy atom. The molecule has 0 aliphatic heterocycles. The Labute approximate surface area is 281 Å². The minimum absolute atomic E-state index is 0.876. The fourth-order valence-corrected chi connectivity index (χ4v) is 8.33. The van der Waals surface area contributed by atoms with Gasteiger partial charge in [-0.25, -0.2) is 9.97 Å². The number of fused-ring (bicyclic) bond motifs is 7. The second-order valence-electron chi connectivity index (χ2n) is 12.2. The number of nitrogens with zero attached hydrogens (tertiary/aromatic N) is 3. The molecule has 48 heavy (non-hydrogen) atoms. The third kappa shape index (κ3) is 4.20. The fourth-order valence-electron chi connectivity index (χ4n) is 7.19. The third-order valence-corrected chi connectivity index (χ3v) is 10.6. The Morgan fingerprint density at radius 3 is 1.54 bits per heavy atom. The van der Waals surface area contributed by atoms with Crippen molar-refractivity contribution in [3.05, 3.63) is 164 Å². The van der Waals surface area contributed by atoms with Crippen LogP contribution in [0.25, 0.3) is 92.3 Å². The van der Waals surface area contributed by atoms with Crippen molar-refractivity contribution in [3.8, 4) is 39.3 Å². The number of rotatable bonds is 4. The van der Waals surface area contributed by atoms with Crippen LogP contribution < -0.4 is 0 Å². The summed E-state index contributed by atoms with van der Waals surface area (Å²) in [6.07, 6.45) is 0. The first-order valence-electron chi connectivity index (χ1n) is 16.2. The van der Waals surface area contributed by atoms with E-state index in [1.165, 1.54) is 53.1 Å². The van der Waals surface area contributed by atoms with Crippen molar-refractivity contribution in [1.82, 2.24) is 14.5 Å². The van der Waals surface area contributed by atoms with Gasteiger partial charge in [0.2, 0.25) is 0 Å². The molecule has 3 nitrogen and oxygen atoms in total. The van der Waals surface area contributed by atoms with Gasteiger partial charge in [-0.15, -0.1) is 11.3 Å². The first-order valence-corrected chi connectivity index (χ1v) is 17.0. The standard InChI is InChI=1S/C44H27N3S/c1-6-16-38-33(10-1)34-11-2-7-17-39(34)47(38)31-26-24-30(25-27-31)44-43(45-36-14-4-5-15-37(36)46-44)29-22-20-28(21-23-29)32-13-9-19-41-42(32)35-12-3-8-18-40(35)48-41/h1-27H. The van der Waals surface area contributed by atoms with Crippen LogP contribution in [0.4, 0.5) is 0 Å². The summed E-state index contributed by atoms with van der Waals surface area (Å²) >= 11 is 1.85. The molecule has 0 spiro atoms. The van der Waals surface area contributed by atoms with Crippen molar-refractivity contribution in [1.29, 1.82) is 0 Å². The molecular formula is C44H27N3S. The van der Waals surface area contributed by atoms with Crippen molar-refractivity contribution in [2.45, 2.75) is 0 Å². The minimum atomic E-state index is 0.876. The molecule has 0 bridgehead atoms. The molecule has 0 aliphatic carbocycles. The second-order valence-corrected chi connectivity index (χ2v) is 13.3. The lowest BCUT2D eigenvalue weighted by Crippen LogP contribution is -1.97. The molecule has 4 heteroatoms. The lowest BCUT2D eigenvalue weighted by Gasteiger charge is -2.13. The SMILES string of the molecule is c1ccc2nc(-c3ccc(-n4c5ccccc5c5ccccc54)cc3)c(-c3ccc(-c4cccc5sc6ccccc6c45)cc3)nc2c1. The van der Waals surface area contributed by atoms with Crippen molar-refractivity contribution in [2.75, 3.05) is 0 Å². The number of benzene rings is 7. The molecular weight excluding hydrogens is 603 g/mol. The maximum Gasteiger partial charge on any atom is 0.0973 e. The number of para-hydroxylation sites is 4. The largest absolute Gasteiger partial charge is 0.309 e. The Hall–Kier alpha value is -6.10. The molecule has 7 aromatic carbocycles. The predicted octanol–water partition coefficient (Wildman–Crippen LogP) is 12.1. The van der Waals surface area contributed by atoms with Gasteiger partial charge in [-0.2, -0.15) is 0 Å². The zero-order valence-corrected chi connectivity index (χ0v) is 26.7. The van der Waals surface area contributed by atoms with Gasteiger partial charge in [0.1, 0.15) is 0 Å². The topological polar surface area (TPSA) is 30.7 Å². The Balaban J connectivity index is 1.09. The fraction of sp³-hybridized carbons (Fsp3) is 0. The van der Waals surface area contributed by atoms with Gasteiger partial charge < -0.3 is 4.57 Å². The van der Waals surface area contributed by atoms with Gasteiger partial charge in [-0.05, 0) is 59.7 Å². The molecule has 0 saturated carbocycles. The first-order chi connectivity index (χ1) is 23.8. The summed E-state index contributed by atoms with van der Waals surface area (Å²) in [5.74, 6) is 0. The number of thiophene rings is 1. The summed E-state index contributed by atoms with van der Waals surface area (Å²) in [5, 5.41) is 5.14. The quantitative estimate of drug-likeness (QED) is 0.194. The van der Waals surface area contributed by atoms with E-state index in [-0.39, 0.29) is 0 Å². The van der Waals surface area contributed by atoms with E-state index in [0.29, 0.717) is 0 Å². The monoisotopic (exact) mass is 629 g/mol. The van der Waals surface area contributed by atoms with E-state index in [9.17, 15) is 0 Å². The van der Waals surface area contributed by atoms with E-state index >= 15 is 0 Å². The van der Waals surface area contributed by atoms with Crippen LogP contribution in [0, 0.1) is 0 Å². The van der Waals surface area contributed by atoms with E-state index in [2.05, 4.69) is 144 Å². The van der Waals surface area contributed by atoms with Crippen molar-refractivity contribution in [2.24, 2.45) is 0 Å². The van der Waals surface area contributed by atoms with E-state index < -0.39 is 0 Å². The Morgan fingerprint density at radius 2 is 0.896 bits per heavy atom. The molecule has 3 aromatic heterocycles. The number of aromatic nitrogens is 3. The average molecular weight is 630 g/mol. The van der Waals surface area contributed by atoms with Gasteiger partial charge in [-0.1, -0.05) is 115 Å². The Bertz CT molecular complexity index is 2770. The molecule has 3 heterocycles. The predicted molar refractivity (Wildman–Crippen MR) is 203 cm³/mol. The summed E-state index contributed by atoms with van der Waals surface area (Å²) in [5.41, 5.74) is 11.6. The van der Waals surface area contributed by atoms with E-state index in [4.69, 9.17) is 9.97 Å². The van der Waals surface area contributed by atoms with E-state index in [0.717, 1.165) is 39.2 Å². The summed E-state index contributed by atoms with van der Waals surface area (Å²) < 4.78 is 4.97. The molecule has 0 aliphatic rings. The molecule has 10 aromatic rings. The lowest BCUT2D eigenvalue weighted by molar-refractivity contribution is 1.18. The zero-order chi connectivity index (χ0) is 31.6. The van der Waals surface area contributed by atoms with E-state index in [1.807, 2.05) is 35.6 Å². The third-order valence-electron chi connectivity index (χ3n) is 9.42. The normalized spacial score (nSPS) is 11.8. The van der Waals surface area contributed by atoms with Crippen LogP contribution in [-0.2, 0) is 0 Å². The van der Waals surface area contributed by atoms with Gasteiger partial charge in [-0.3, -0.25) is 0 Å².